The first kappa shape index (κ1) is 13.6. The molecule has 2 fully saturated rings. The van der Waals surface area contributed by atoms with Gasteiger partial charge in [-0.15, -0.1) is 0 Å². The lowest BCUT2D eigenvalue weighted by atomic mass is 10.2. The summed E-state index contributed by atoms with van der Waals surface area (Å²) in [6.07, 6.45) is 6.67. The highest BCUT2D eigenvalue weighted by molar-refractivity contribution is 5.74. The van der Waals surface area contributed by atoms with Crippen molar-refractivity contribution in [2.24, 2.45) is 7.05 Å². The fraction of sp³-hybridized carbons (Fsp3) is 0.733. The van der Waals surface area contributed by atoms with Crippen molar-refractivity contribution in [3.8, 4) is 0 Å². The molecule has 5 nitrogen and oxygen atoms in total. The third kappa shape index (κ3) is 2.87. The van der Waals surface area contributed by atoms with Crippen LogP contribution in [0.25, 0.3) is 0 Å². The van der Waals surface area contributed by atoms with Crippen molar-refractivity contribution in [2.75, 3.05) is 13.1 Å². The van der Waals surface area contributed by atoms with Crippen LogP contribution in [0.4, 0.5) is 0 Å². The minimum absolute atomic E-state index is 0.236. The Morgan fingerprint density at radius 1 is 1.45 bits per heavy atom. The Bertz CT molecular complexity index is 480. The Morgan fingerprint density at radius 2 is 2.25 bits per heavy atom. The van der Waals surface area contributed by atoms with Crippen LogP contribution >= 0.6 is 0 Å². The topological polar surface area (TPSA) is 41.4 Å². The third-order valence-electron chi connectivity index (χ3n) is 4.59. The highest BCUT2D eigenvalue weighted by atomic mass is 16.2. The van der Waals surface area contributed by atoms with Crippen molar-refractivity contribution >= 4 is 5.91 Å². The Morgan fingerprint density at radius 3 is 2.85 bits per heavy atom. The molecule has 1 saturated carbocycles. The van der Waals surface area contributed by atoms with Gasteiger partial charge >= 0.3 is 0 Å². The summed E-state index contributed by atoms with van der Waals surface area (Å²) in [6, 6.07) is 3.11. The van der Waals surface area contributed by atoms with Gasteiger partial charge < -0.3 is 4.90 Å². The maximum atomic E-state index is 11.8. The molecule has 1 aliphatic carbocycles. The van der Waals surface area contributed by atoms with E-state index in [0.29, 0.717) is 12.1 Å². The predicted molar refractivity (Wildman–Crippen MR) is 77.0 cm³/mol. The normalized spacial score (nSPS) is 23.2. The lowest BCUT2D eigenvalue weighted by molar-refractivity contribution is -0.130. The summed E-state index contributed by atoms with van der Waals surface area (Å²) in [5.41, 5.74) is 1.25. The second-order valence-electron chi connectivity index (χ2n) is 6.12. The van der Waals surface area contributed by atoms with Gasteiger partial charge in [-0.2, -0.15) is 5.10 Å². The standard InChI is InChI=1S/C15H24N4O/c1-12(20)19(13-5-6-13)11-15-4-3-9-18(15)10-14-7-8-16-17(14)2/h7-8,13,15H,3-6,9-11H2,1-2H3/t15-/m0/s1. The fourth-order valence-corrected chi connectivity index (χ4v) is 3.22. The van der Waals surface area contributed by atoms with Gasteiger partial charge in [-0.05, 0) is 38.3 Å². The molecule has 1 aromatic rings. The van der Waals surface area contributed by atoms with E-state index >= 15 is 0 Å². The summed E-state index contributed by atoms with van der Waals surface area (Å²) in [7, 11) is 1.99. The zero-order chi connectivity index (χ0) is 14.1. The first-order chi connectivity index (χ1) is 9.65. The van der Waals surface area contributed by atoms with Crippen molar-refractivity contribution < 1.29 is 4.79 Å². The molecule has 0 bridgehead atoms. The van der Waals surface area contributed by atoms with E-state index < -0.39 is 0 Å². The lowest BCUT2D eigenvalue weighted by Crippen LogP contribution is -2.43. The fourth-order valence-electron chi connectivity index (χ4n) is 3.22. The van der Waals surface area contributed by atoms with E-state index in [1.807, 2.05) is 17.9 Å². The lowest BCUT2D eigenvalue weighted by Gasteiger charge is -2.30. The Balaban J connectivity index is 1.63. The molecule has 1 saturated heterocycles. The molecule has 1 amide bonds. The third-order valence-corrected chi connectivity index (χ3v) is 4.59. The first-order valence-corrected chi connectivity index (χ1v) is 7.63. The van der Waals surface area contributed by atoms with E-state index in [2.05, 4.69) is 21.0 Å². The van der Waals surface area contributed by atoms with Crippen molar-refractivity contribution in [3.05, 3.63) is 18.0 Å². The van der Waals surface area contributed by atoms with Gasteiger partial charge in [-0.25, -0.2) is 0 Å². The number of likely N-dealkylation sites (tertiary alicyclic amines) is 1. The number of hydrogen-bond donors (Lipinski definition) is 0. The van der Waals surface area contributed by atoms with E-state index in [9.17, 15) is 4.79 Å². The van der Waals surface area contributed by atoms with Gasteiger partial charge in [0.15, 0.2) is 0 Å². The molecule has 1 aromatic heterocycles. The number of aryl methyl sites for hydroxylation is 1. The summed E-state index contributed by atoms with van der Waals surface area (Å²) < 4.78 is 1.94. The number of hydrogen-bond acceptors (Lipinski definition) is 3. The van der Waals surface area contributed by atoms with Gasteiger partial charge in [0.2, 0.25) is 5.91 Å². The largest absolute Gasteiger partial charge is 0.338 e. The van der Waals surface area contributed by atoms with Crippen molar-refractivity contribution in [1.29, 1.82) is 0 Å². The van der Waals surface area contributed by atoms with Crippen LogP contribution in [-0.4, -0.2) is 50.7 Å². The molecule has 0 aromatic carbocycles. The molecule has 2 aliphatic rings. The van der Waals surface area contributed by atoms with Gasteiger partial charge in [0.05, 0.1) is 5.69 Å². The molecule has 0 radical (unpaired) electrons. The van der Waals surface area contributed by atoms with Crippen molar-refractivity contribution in [2.45, 2.75) is 51.2 Å². The molecular weight excluding hydrogens is 252 g/mol. The Hall–Kier alpha value is -1.36. The summed E-state index contributed by atoms with van der Waals surface area (Å²) in [5.74, 6) is 0.236. The first-order valence-electron chi connectivity index (χ1n) is 7.63. The highest BCUT2D eigenvalue weighted by Crippen LogP contribution is 2.29. The molecule has 3 rings (SSSR count). The van der Waals surface area contributed by atoms with Gasteiger partial charge in [-0.1, -0.05) is 0 Å². The number of nitrogens with zero attached hydrogens (tertiary/aromatic N) is 4. The van der Waals surface area contributed by atoms with Gasteiger partial charge in [0.25, 0.3) is 0 Å². The molecule has 1 atom stereocenters. The monoisotopic (exact) mass is 276 g/mol. The van der Waals surface area contributed by atoms with Crippen molar-refractivity contribution in [1.82, 2.24) is 19.6 Å². The molecule has 0 unspecified atom stereocenters. The average Bonchev–Trinajstić information content (AvgIpc) is 3.03. The predicted octanol–water partition coefficient (Wildman–Crippen LogP) is 1.40. The van der Waals surface area contributed by atoms with Crippen LogP contribution in [0.5, 0.6) is 0 Å². The number of carbonyl (C=O) groups is 1. The summed E-state index contributed by atoms with van der Waals surface area (Å²) >= 11 is 0. The van der Waals surface area contributed by atoms with Gasteiger partial charge in [0.1, 0.15) is 0 Å². The molecule has 0 spiro atoms. The molecule has 5 heteroatoms. The SMILES string of the molecule is CC(=O)N(C[C@@H]1CCCN1Cc1ccnn1C)C1CC1. The van der Waals surface area contributed by atoms with E-state index in [4.69, 9.17) is 0 Å². The average molecular weight is 276 g/mol. The smallest absolute Gasteiger partial charge is 0.219 e. The molecule has 0 N–H and O–H groups in total. The maximum Gasteiger partial charge on any atom is 0.219 e. The van der Waals surface area contributed by atoms with Gasteiger partial charge in [-0.3, -0.25) is 14.4 Å². The van der Waals surface area contributed by atoms with Crippen LogP contribution < -0.4 is 0 Å². The number of carbonyl (C=O) groups excluding carboxylic acids is 1. The van der Waals surface area contributed by atoms with Crippen LogP contribution in [0.15, 0.2) is 12.3 Å². The molecular formula is C15H24N4O. The van der Waals surface area contributed by atoms with E-state index in [0.717, 1.165) is 19.6 Å². The summed E-state index contributed by atoms with van der Waals surface area (Å²) in [5, 5.41) is 4.24. The highest BCUT2D eigenvalue weighted by Gasteiger charge is 2.35. The second-order valence-corrected chi connectivity index (χ2v) is 6.12. The van der Waals surface area contributed by atoms with Crippen LogP contribution in [-0.2, 0) is 18.4 Å². The van der Waals surface area contributed by atoms with Crippen molar-refractivity contribution in [3.63, 3.8) is 0 Å². The summed E-state index contributed by atoms with van der Waals surface area (Å²) in [4.78, 5) is 16.4. The van der Waals surface area contributed by atoms with Crippen LogP contribution in [0.3, 0.4) is 0 Å². The van der Waals surface area contributed by atoms with Gasteiger partial charge in [0, 0.05) is 45.3 Å². The van der Waals surface area contributed by atoms with Crippen LogP contribution in [0.1, 0.15) is 38.3 Å². The minimum atomic E-state index is 0.236. The molecule has 1 aliphatic heterocycles. The van der Waals surface area contributed by atoms with Crippen LogP contribution in [0, 0.1) is 0 Å². The minimum Gasteiger partial charge on any atom is -0.338 e. The van der Waals surface area contributed by atoms with E-state index in [-0.39, 0.29) is 5.91 Å². The molecule has 110 valence electrons. The Kier molecular flexibility index (Phi) is 3.78. The number of rotatable bonds is 5. The number of amides is 1. The zero-order valence-corrected chi connectivity index (χ0v) is 12.5. The van der Waals surface area contributed by atoms with E-state index in [1.165, 1.54) is 31.4 Å². The Labute approximate surface area is 120 Å². The second kappa shape index (κ2) is 5.56. The van der Waals surface area contributed by atoms with Crippen LogP contribution in [0.2, 0.25) is 0 Å². The zero-order valence-electron chi connectivity index (χ0n) is 12.5. The number of aromatic nitrogens is 2. The molecule has 20 heavy (non-hydrogen) atoms. The molecule has 2 heterocycles. The quantitative estimate of drug-likeness (QED) is 0.816. The maximum absolute atomic E-state index is 11.8. The van der Waals surface area contributed by atoms with E-state index in [1.54, 1.807) is 6.92 Å². The summed E-state index contributed by atoms with van der Waals surface area (Å²) in [6.45, 7) is 4.68.